The van der Waals surface area contributed by atoms with Crippen molar-refractivity contribution in [2.45, 2.75) is 30.9 Å². The highest BCUT2D eigenvalue weighted by Gasteiger charge is 2.50. The monoisotopic (exact) mass is 347 g/mol. The van der Waals surface area contributed by atoms with Gasteiger partial charge in [0.05, 0.1) is 30.1 Å². The van der Waals surface area contributed by atoms with Crippen LogP contribution in [0.25, 0.3) is 0 Å². The third-order valence-electron chi connectivity index (χ3n) is 6.04. The number of carbonyl (C=O) groups excluding carboxylic acids is 2. The first-order valence-corrected chi connectivity index (χ1v) is 8.85. The Morgan fingerprint density at radius 3 is 2.72 bits per heavy atom. The van der Waals surface area contributed by atoms with E-state index in [0.717, 1.165) is 12.1 Å². The van der Waals surface area contributed by atoms with E-state index in [9.17, 15) is 14.7 Å². The molecule has 136 valence electrons. The number of carbonyl (C=O) groups is 2. The third kappa shape index (κ3) is 2.73. The summed E-state index contributed by atoms with van der Waals surface area (Å²) in [5, 5.41) is 13.6. The first-order valence-electron chi connectivity index (χ1n) is 8.85. The summed E-state index contributed by atoms with van der Waals surface area (Å²) in [5.74, 6) is 0.184. The number of hydrogen-bond donors (Lipinski definition) is 1. The number of aryl methyl sites for hydroxylation is 1. The summed E-state index contributed by atoms with van der Waals surface area (Å²) >= 11 is 0. The number of likely N-dealkylation sites (N-methyl/N-ethyl adjacent to an activating group) is 1. The molecular weight excluding hydrogens is 322 g/mol. The van der Waals surface area contributed by atoms with Crippen molar-refractivity contribution in [1.29, 1.82) is 0 Å². The maximum absolute atomic E-state index is 12.6. The molecule has 3 fully saturated rings. The first-order chi connectivity index (χ1) is 11.9. The van der Waals surface area contributed by atoms with E-state index >= 15 is 0 Å². The Labute approximate surface area is 147 Å². The lowest BCUT2D eigenvalue weighted by Crippen LogP contribution is -2.64. The zero-order chi connectivity index (χ0) is 17.8. The second-order valence-corrected chi connectivity index (χ2v) is 7.76. The minimum absolute atomic E-state index is 0.0323. The molecule has 4 rings (SSSR count). The van der Waals surface area contributed by atoms with E-state index in [1.165, 1.54) is 0 Å². The van der Waals surface area contributed by atoms with Crippen molar-refractivity contribution < 1.29 is 14.7 Å². The van der Waals surface area contributed by atoms with Gasteiger partial charge in [-0.15, -0.1) is 0 Å². The van der Waals surface area contributed by atoms with Gasteiger partial charge in [0.1, 0.15) is 0 Å². The molecule has 1 saturated carbocycles. The van der Waals surface area contributed by atoms with Gasteiger partial charge in [-0.25, -0.2) is 0 Å². The van der Waals surface area contributed by atoms with Crippen molar-refractivity contribution in [2.75, 3.05) is 38.1 Å². The van der Waals surface area contributed by atoms with Gasteiger partial charge in [0.25, 0.3) is 0 Å². The SMILES string of the molecule is CN1CC(=O)N(c2cnn(C)c2)C[C@]12CCN(C(=O)C1CC(O)C1)C2. The lowest BCUT2D eigenvalue weighted by atomic mass is 9.81. The summed E-state index contributed by atoms with van der Waals surface area (Å²) in [6.45, 7) is 2.27. The Morgan fingerprint density at radius 2 is 2.08 bits per heavy atom. The van der Waals surface area contributed by atoms with Crippen molar-refractivity contribution >= 4 is 17.5 Å². The van der Waals surface area contributed by atoms with E-state index in [1.54, 1.807) is 15.8 Å². The van der Waals surface area contributed by atoms with Crippen LogP contribution in [-0.2, 0) is 16.6 Å². The number of nitrogens with zero attached hydrogens (tertiary/aromatic N) is 5. The Kier molecular flexibility index (Phi) is 3.84. The molecule has 1 aromatic heterocycles. The average Bonchev–Trinajstić information content (AvgIpc) is 3.15. The Bertz CT molecular complexity index is 698. The fourth-order valence-corrected chi connectivity index (χ4v) is 4.27. The molecule has 8 nitrogen and oxygen atoms in total. The number of aromatic nitrogens is 2. The van der Waals surface area contributed by atoms with Crippen LogP contribution in [-0.4, -0.2) is 81.4 Å². The summed E-state index contributed by atoms with van der Waals surface area (Å²) in [7, 11) is 3.81. The van der Waals surface area contributed by atoms with E-state index in [1.807, 2.05) is 25.2 Å². The van der Waals surface area contributed by atoms with Crippen molar-refractivity contribution in [3.8, 4) is 0 Å². The zero-order valence-corrected chi connectivity index (χ0v) is 14.8. The number of aliphatic hydroxyl groups is 1. The molecule has 0 aromatic carbocycles. The molecule has 0 unspecified atom stereocenters. The molecule has 3 aliphatic rings. The molecule has 25 heavy (non-hydrogen) atoms. The molecule has 8 heteroatoms. The third-order valence-corrected chi connectivity index (χ3v) is 6.04. The predicted octanol–water partition coefficient (Wildman–Crippen LogP) is -0.559. The fourth-order valence-electron chi connectivity index (χ4n) is 4.27. The van der Waals surface area contributed by atoms with Crippen LogP contribution in [0.4, 0.5) is 5.69 Å². The maximum Gasteiger partial charge on any atom is 0.241 e. The Morgan fingerprint density at radius 1 is 1.32 bits per heavy atom. The smallest absolute Gasteiger partial charge is 0.241 e. The van der Waals surface area contributed by atoms with Crippen LogP contribution in [0.3, 0.4) is 0 Å². The standard InChI is InChI=1S/C17H25N5O3/c1-19-9-15(24)22(13-7-18-20(2)8-13)11-17(19)3-4-21(10-17)16(25)12-5-14(23)6-12/h7-8,12,14,23H,3-6,9-11H2,1-2H3/t12?,14?,17-/m1/s1. The minimum Gasteiger partial charge on any atom is -0.393 e. The van der Waals surface area contributed by atoms with Crippen LogP contribution in [0.5, 0.6) is 0 Å². The van der Waals surface area contributed by atoms with Crippen molar-refractivity contribution in [3.63, 3.8) is 0 Å². The lowest BCUT2D eigenvalue weighted by Gasteiger charge is -2.46. The molecule has 2 saturated heterocycles. The number of amides is 2. The van der Waals surface area contributed by atoms with Gasteiger partial charge in [0.15, 0.2) is 0 Å². The van der Waals surface area contributed by atoms with Gasteiger partial charge >= 0.3 is 0 Å². The summed E-state index contributed by atoms with van der Waals surface area (Å²) in [4.78, 5) is 31.0. The molecule has 3 heterocycles. The van der Waals surface area contributed by atoms with Crippen LogP contribution in [0.1, 0.15) is 19.3 Å². The van der Waals surface area contributed by atoms with E-state index < -0.39 is 0 Å². The van der Waals surface area contributed by atoms with Crippen LogP contribution in [0.15, 0.2) is 12.4 Å². The summed E-state index contributed by atoms with van der Waals surface area (Å²) in [6, 6.07) is 0. The number of likely N-dealkylation sites (tertiary alicyclic amines) is 1. The molecule has 0 bridgehead atoms. The molecule has 1 aromatic rings. The van der Waals surface area contributed by atoms with E-state index in [0.29, 0.717) is 39.0 Å². The van der Waals surface area contributed by atoms with Crippen molar-refractivity contribution in [3.05, 3.63) is 12.4 Å². The number of rotatable bonds is 2. The molecule has 0 radical (unpaired) electrons. The maximum atomic E-state index is 12.6. The number of anilines is 1. The largest absolute Gasteiger partial charge is 0.393 e. The number of piperazine rings is 1. The van der Waals surface area contributed by atoms with Crippen molar-refractivity contribution in [2.24, 2.45) is 13.0 Å². The van der Waals surface area contributed by atoms with Gasteiger partial charge in [-0.3, -0.25) is 19.2 Å². The summed E-state index contributed by atoms with van der Waals surface area (Å²) in [5.41, 5.74) is 0.605. The molecule has 1 N–H and O–H groups in total. The van der Waals surface area contributed by atoms with Crippen LogP contribution >= 0.6 is 0 Å². The highest BCUT2D eigenvalue weighted by atomic mass is 16.3. The summed E-state index contributed by atoms with van der Waals surface area (Å²) in [6.07, 6.45) is 5.27. The van der Waals surface area contributed by atoms with Gasteiger partial charge in [0, 0.05) is 38.8 Å². The molecule has 2 aliphatic heterocycles. The number of aliphatic hydroxyl groups excluding tert-OH is 1. The second kappa shape index (κ2) is 5.81. The molecule has 2 amide bonds. The quantitative estimate of drug-likeness (QED) is 0.776. The zero-order valence-electron chi connectivity index (χ0n) is 14.8. The van der Waals surface area contributed by atoms with Crippen LogP contribution in [0.2, 0.25) is 0 Å². The van der Waals surface area contributed by atoms with Gasteiger partial charge in [-0.05, 0) is 26.3 Å². The molecular formula is C17H25N5O3. The van der Waals surface area contributed by atoms with Gasteiger partial charge < -0.3 is 14.9 Å². The molecule has 1 spiro atoms. The normalized spacial score (nSPS) is 33.2. The topological polar surface area (TPSA) is 81.9 Å². The Hall–Kier alpha value is -1.93. The average molecular weight is 347 g/mol. The first kappa shape index (κ1) is 16.5. The minimum atomic E-state index is -0.318. The van der Waals surface area contributed by atoms with Gasteiger partial charge in [-0.2, -0.15) is 5.10 Å². The molecule has 1 aliphatic carbocycles. The lowest BCUT2D eigenvalue weighted by molar-refractivity contribution is -0.141. The van der Waals surface area contributed by atoms with Crippen LogP contribution in [0, 0.1) is 5.92 Å². The fraction of sp³-hybridized carbons (Fsp3) is 0.706. The van der Waals surface area contributed by atoms with E-state index in [2.05, 4.69) is 10.00 Å². The van der Waals surface area contributed by atoms with Crippen molar-refractivity contribution in [1.82, 2.24) is 19.6 Å². The number of hydrogen-bond acceptors (Lipinski definition) is 5. The Balaban J connectivity index is 1.50. The highest BCUT2D eigenvalue weighted by molar-refractivity contribution is 5.95. The predicted molar refractivity (Wildman–Crippen MR) is 90.8 cm³/mol. The second-order valence-electron chi connectivity index (χ2n) is 7.76. The van der Waals surface area contributed by atoms with Gasteiger partial charge in [0.2, 0.25) is 11.8 Å². The molecule has 1 atom stereocenters. The van der Waals surface area contributed by atoms with E-state index in [4.69, 9.17) is 0 Å². The van der Waals surface area contributed by atoms with E-state index in [-0.39, 0.29) is 29.4 Å². The highest BCUT2D eigenvalue weighted by Crippen LogP contribution is 2.36. The summed E-state index contributed by atoms with van der Waals surface area (Å²) < 4.78 is 1.69. The van der Waals surface area contributed by atoms with Gasteiger partial charge in [-0.1, -0.05) is 0 Å². The van der Waals surface area contributed by atoms with Crippen LogP contribution < -0.4 is 4.90 Å².